The molecule has 0 aliphatic rings. The van der Waals surface area contributed by atoms with Gasteiger partial charge in [-0.2, -0.15) is 0 Å². The summed E-state index contributed by atoms with van der Waals surface area (Å²) in [6, 6.07) is 0. The largest absolute Gasteiger partial charge is 0.396 e. The van der Waals surface area contributed by atoms with E-state index in [0.717, 1.165) is 83.6 Å². The van der Waals surface area contributed by atoms with E-state index in [9.17, 15) is 5.11 Å². The van der Waals surface area contributed by atoms with Crippen LogP contribution in [-0.4, -0.2) is 58.7 Å². The summed E-state index contributed by atoms with van der Waals surface area (Å²) in [5.74, 6) is 0. The maximum atomic E-state index is 11.2. The average molecular weight is 388 g/mol. The minimum Gasteiger partial charge on any atom is -0.396 e. The van der Waals surface area contributed by atoms with Crippen LogP contribution in [0.5, 0.6) is 0 Å². The Hall–Kier alpha value is -0.160. The molecule has 0 aliphatic carbocycles. The van der Waals surface area contributed by atoms with Crippen LogP contribution >= 0.6 is 0 Å². The summed E-state index contributed by atoms with van der Waals surface area (Å²) in [6.45, 7) is 8.58. The van der Waals surface area contributed by atoms with Gasteiger partial charge in [0.25, 0.3) is 0 Å². The highest BCUT2D eigenvalue weighted by atomic mass is 16.3. The number of aliphatic hydroxyl groups is 3. The highest BCUT2D eigenvalue weighted by Crippen LogP contribution is 2.28. The van der Waals surface area contributed by atoms with Crippen molar-refractivity contribution in [3.8, 4) is 0 Å². The molecule has 0 atom stereocenters. The smallest absolute Gasteiger partial charge is 0.0647 e. The summed E-state index contributed by atoms with van der Waals surface area (Å²) in [7, 11) is 0. The second-order valence-corrected chi connectivity index (χ2v) is 8.30. The molecule has 4 nitrogen and oxygen atoms in total. The van der Waals surface area contributed by atoms with Crippen molar-refractivity contribution in [1.29, 1.82) is 0 Å². The van der Waals surface area contributed by atoms with Crippen molar-refractivity contribution < 1.29 is 15.3 Å². The summed E-state index contributed by atoms with van der Waals surface area (Å²) in [5, 5.41) is 29.0. The fourth-order valence-electron chi connectivity index (χ4n) is 3.97. The van der Waals surface area contributed by atoms with Crippen molar-refractivity contribution in [2.24, 2.45) is 0 Å². The van der Waals surface area contributed by atoms with Crippen LogP contribution in [0.15, 0.2) is 0 Å². The molecule has 0 fully saturated rings. The third kappa shape index (κ3) is 16.5. The Morgan fingerprint density at radius 1 is 0.556 bits per heavy atom. The molecule has 3 N–H and O–H groups in total. The molecule has 0 rings (SSSR count). The Morgan fingerprint density at radius 3 is 1.37 bits per heavy atom. The average Bonchev–Trinajstić information content (AvgIpc) is 2.65. The monoisotopic (exact) mass is 387 g/mol. The van der Waals surface area contributed by atoms with Crippen molar-refractivity contribution in [3.05, 3.63) is 0 Å². The molecular formula is C23H49NO3. The molecule has 0 heterocycles. The van der Waals surface area contributed by atoms with Gasteiger partial charge in [0.2, 0.25) is 0 Å². The number of nitrogens with zero attached hydrogens (tertiary/aromatic N) is 1. The summed E-state index contributed by atoms with van der Waals surface area (Å²) < 4.78 is 0. The molecule has 0 bridgehead atoms. The number of rotatable bonds is 21. The van der Waals surface area contributed by atoms with Crippen molar-refractivity contribution in [1.82, 2.24) is 4.90 Å². The van der Waals surface area contributed by atoms with Gasteiger partial charge in [-0.1, -0.05) is 52.4 Å². The third-order valence-electron chi connectivity index (χ3n) is 5.55. The summed E-state index contributed by atoms with van der Waals surface area (Å²) >= 11 is 0. The first-order chi connectivity index (χ1) is 13.1. The molecule has 27 heavy (non-hydrogen) atoms. The van der Waals surface area contributed by atoms with E-state index in [1.54, 1.807) is 0 Å². The van der Waals surface area contributed by atoms with Crippen LogP contribution in [0, 0.1) is 0 Å². The Kier molecular flexibility index (Phi) is 19.1. The van der Waals surface area contributed by atoms with E-state index in [2.05, 4.69) is 18.7 Å². The van der Waals surface area contributed by atoms with E-state index in [1.165, 1.54) is 32.4 Å². The standard InChI is InChI=1S/C23H49NO3/c1-3-18-24(19-4-2)20-12-11-17-23(27,15-9-5-7-13-21-25)16-10-6-8-14-22-26/h25-27H,3-22H2,1-2H3. The van der Waals surface area contributed by atoms with Crippen LogP contribution in [-0.2, 0) is 0 Å². The molecule has 0 aromatic heterocycles. The highest BCUT2D eigenvalue weighted by molar-refractivity contribution is 4.79. The van der Waals surface area contributed by atoms with Gasteiger partial charge in [0.15, 0.2) is 0 Å². The molecule has 0 spiro atoms. The van der Waals surface area contributed by atoms with Crippen molar-refractivity contribution in [2.45, 2.75) is 116 Å². The van der Waals surface area contributed by atoms with Crippen molar-refractivity contribution in [2.75, 3.05) is 32.8 Å². The van der Waals surface area contributed by atoms with E-state index in [0.29, 0.717) is 0 Å². The molecule has 0 amide bonds. The number of hydrogen-bond acceptors (Lipinski definition) is 4. The number of hydrogen-bond donors (Lipinski definition) is 3. The zero-order valence-corrected chi connectivity index (χ0v) is 18.4. The SMILES string of the molecule is CCCN(CCC)CCCCC(O)(CCCCCCO)CCCCCCO. The Labute approximate surface area is 169 Å². The first-order valence-electron chi connectivity index (χ1n) is 11.8. The van der Waals surface area contributed by atoms with Crippen LogP contribution in [0.2, 0.25) is 0 Å². The van der Waals surface area contributed by atoms with Gasteiger partial charge in [-0.25, -0.2) is 0 Å². The molecule has 0 aromatic rings. The number of unbranched alkanes of at least 4 members (excludes halogenated alkanes) is 7. The minimum absolute atomic E-state index is 0.279. The maximum absolute atomic E-state index is 11.2. The first-order valence-corrected chi connectivity index (χ1v) is 11.8. The van der Waals surface area contributed by atoms with Crippen LogP contribution in [0.3, 0.4) is 0 Å². The van der Waals surface area contributed by atoms with Gasteiger partial charge in [-0.05, 0) is 77.4 Å². The maximum Gasteiger partial charge on any atom is 0.0647 e. The molecule has 0 saturated heterocycles. The Morgan fingerprint density at radius 2 is 0.963 bits per heavy atom. The van der Waals surface area contributed by atoms with Crippen molar-refractivity contribution in [3.63, 3.8) is 0 Å². The van der Waals surface area contributed by atoms with Gasteiger partial charge in [-0.3, -0.25) is 0 Å². The van der Waals surface area contributed by atoms with Crippen LogP contribution in [0.1, 0.15) is 110 Å². The fourth-order valence-corrected chi connectivity index (χ4v) is 3.97. The second-order valence-electron chi connectivity index (χ2n) is 8.30. The molecule has 4 heteroatoms. The summed E-state index contributed by atoms with van der Waals surface area (Å²) in [5.41, 5.74) is -0.515. The zero-order chi connectivity index (χ0) is 20.2. The lowest BCUT2D eigenvalue weighted by Gasteiger charge is -2.29. The first kappa shape index (κ1) is 26.8. The lowest BCUT2D eigenvalue weighted by atomic mass is 9.85. The third-order valence-corrected chi connectivity index (χ3v) is 5.55. The molecule has 0 aliphatic heterocycles. The van der Waals surface area contributed by atoms with E-state index >= 15 is 0 Å². The topological polar surface area (TPSA) is 63.9 Å². The predicted molar refractivity (Wildman–Crippen MR) is 116 cm³/mol. The van der Waals surface area contributed by atoms with Gasteiger partial charge in [0.05, 0.1) is 5.60 Å². The van der Waals surface area contributed by atoms with Crippen LogP contribution < -0.4 is 0 Å². The van der Waals surface area contributed by atoms with Gasteiger partial charge in [0.1, 0.15) is 0 Å². The van der Waals surface area contributed by atoms with E-state index in [-0.39, 0.29) is 13.2 Å². The normalized spacial score (nSPS) is 12.2. The van der Waals surface area contributed by atoms with Gasteiger partial charge in [0, 0.05) is 13.2 Å². The van der Waals surface area contributed by atoms with Gasteiger partial charge in [-0.15, -0.1) is 0 Å². The zero-order valence-electron chi connectivity index (χ0n) is 18.4. The Balaban J connectivity index is 4.24. The van der Waals surface area contributed by atoms with E-state index in [4.69, 9.17) is 10.2 Å². The Bertz CT molecular complexity index is 279. The summed E-state index contributed by atoms with van der Waals surface area (Å²) in [4.78, 5) is 2.56. The second kappa shape index (κ2) is 19.2. The molecule has 0 aromatic carbocycles. The van der Waals surface area contributed by atoms with E-state index < -0.39 is 5.60 Å². The van der Waals surface area contributed by atoms with Crippen LogP contribution in [0.4, 0.5) is 0 Å². The lowest BCUT2D eigenvalue weighted by molar-refractivity contribution is 0.00655. The molecular weight excluding hydrogens is 338 g/mol. The summed E-state index contributed by atoms with van der Waals surface area (Å²) in [6.07, 6.45) is 15.6. The quantitative estimate of drug-likeness (QED) is 0.245. The predicted octanol–water partition coefficient (Wildman–Crippen LogP) is 4.90. The van der Waals surface area contributed by atoms with Gasteiger partial charge < -0.3 is 20.2 Å². The van der Waals surface area contributed by atoms with Gasteiger partial charge >= 0.3 is 0 Å². The van der Waals surface area contributed by atoms with E-state index in [1.807, 2.05) is 0 Å². The molecule has 0 unspecified atom stereocenters. The molecule has 0 saturated carbocycles. The molecule has 164 valence electrons. The fraction of sp³-hybridized carbons (Fsp3) is 1.00. The molecule has 0 radical (unpaired) electrons. The lowest BCUT2D eigenvalue weighted by Crippen LogP contribution is -2.30. The highest BCUT2D eigenvalue weighted by Gasteiger charge is 2.25. The minimum atomic E-state index is -0.515. The van der Waals surface area contributed by atoms with Crippen molar-refractivity contribution >= 4 is 0 Å². The number of aliphatic hydroxyl groups excluding tert-OH is 2. The van der Waals surface area contributed by atoms with Crippen LogP contribution in [0.25, 0.3) is 0 Å².